The number of hydrogen-bond acceptors (Lipinski definition) is 6. The molecular weight excluding hydrogens is 238 g/mol. The molecule has 0 saturated heterocycles. The van der Waals surface area contributed by atoms with Gasteiger partial charge in [0.2, 0.25) is 0 Å². The molecule has 0 radical (unpaired) electrons. The summed E-state index contributed by atoms with van der Waals surface area (Å²) in [4.78, 5) is 32.6. The minimum atomic E-state index is -0.865. The molecule has 0 N–H and O–H groups in total. The SMILES string of the molecule is COC(=O)C(C)Oc1c(C)cc(C=O)cc1N=O. The van der Waals surface area contributed by atoms with Gasteiger partial charge in [-0.25, -0.2) is 4.79 Å². The Morgan fingerprint density at radius 2 is 2.11 bits per heavy atom. The molecule has 0 aliphatic heterocycles. The highest BCUT2D eigenvalue weighted by Gasteiger charge is 2.19. The Balaban J connectivity index is 3.12. The summed E-state index contributed by atoms with van der Waals surface area (Å²) in [6, 6.07) is 2.84. The quantitative estimate of drug-likeness (QED) is 0.455. The van der Waals surface area contributed by atoms with Crippen molar-refractivity contribution in [2.75, 3.05) is 7.11 Å². The number of hydrogen-bond donors (Lipinski definition) is 0. The molecule has 1 rings (SSSR count). The molecule has 1 unspecified atom stereocenters. The zero-order chi connectivity index (χ0) is 13.7. The zero-order valence-electron chi connectivity index (χ0n) is 10.3. The summed E-state index contributed by atoms with van der Waals surface area (Å²) in [5, 5.41) is 2.79. The van der Waals surface area contributed by atoms with Crippen molar-refractivity contribution in [3.8, 4) is 5.75 Å². The van der Waals surface area contributed by atoms with Crippen molar-refractivity contribution in [2.45, 2.75) is 20.0 Å². The number of methoxy groups -OCH3 is 1. The van der Waals surface area contributed by atoms with Gasteiger partial charge in [-0.05, 0) is 36.7 Å². The number of aldehydes is 1. The molecule has 0 spiro atoms. The fourth-order valence-corrected chi connectivity index (χ4v) is 1.46. The maximum atomic E-state index is 11.2. The number of aryl methyl sites for hydroxylation is 1. The molecule has 18 heavy (non-hydrogen) atoms. The highest BCUT2D eigenvalue weighted by Crippen LogP contribution is 2.33. The Hall–Kier alpha value is -2.24. The fourth-order valence-electron chi connectivity index (χ4n) is 1.46. The van der Waals surface area contributed by atoms with Gasteiger partial charge in [-0.2, -0.15) is 0 Å². The minimum Gasteiger partial charge on any atom is -0.476 e. The average Bonchev–Trinajstić information content (AvgIpc) is 2.39. The third-order valence-electron chi connectivity index (χ3n) is 2.34. The lowest BCUT2D eigenvalue weighted by Gasteiger charge is -2.15. The first-order valence-corrected chi connectivity index (χ1v) is 5.21. The van der Waals surface area contributed by atoms with Gasteiger partial charge in [0.25, 0.3) is 0 Å². The Bertz CT molecular complexity index is 484. The topological polar surface area (TPSA) is 82.0 Å². The predicted octanol–water partition coefficient (Wildman–Crippen LogP) is 2.15. The van der Waals surface area contributed by atoms with E-state index in [2.05, 4.69) is 9.91 Å². The second-order valence-corrected chi connectivity index (χ2v) is 3.68. The van der Waals surface area contributed by atoms with Crippen LogP contribution >= 0.6 is 0 Å². The summed E-state index contributed by atoms with van der Waals surface area (Å²) in [6.45, 7) is 3.15. The monoisotopic (exact) mass is 251 g/mol. The van der Waals surface area contributed by atoms with E-state index in [-0.39, 0.29) is 11.4 Å². The van der Waals surface area contributed by atoms with Gasteiger partial charge in [0.05, 0.1) is 7.11 Å². The zero-order valence-corrected chi connectivity index (χ0v) is 10.3. The number of ether oxygens (including phenoxy) is 2. The van der Waals surface area contributed by atoms with E-state index in [1.807, 2.05) is 0 Å². The van der Waals surface area contributed by atoms with Gasteiger partial charge in [-0.15, -0.1) is 4.91 Å². The lowest BCUT2D eigenvalue weighted by Crippen LogP contribution is -2.25. The van der Waals surface area contributed by atoms with Crippen molar-refractivity contribution >= 4 is 17.9 Å². The minimum absolute atomic E-state index is 0.0205. The Kier molecular flexibility index (Phi) is 4.53. The van der Waals surface area contributed by atoms with Crippen LogP contribution in [0.5, 0.6) is 5.75 Å². The first-order chi connectivity index (χ1) is 8.53. The molecular formula is C12H13NO5. The first kappa shape index (κ1) is 13.8. The molecule has 0 aliphatic carbocycles. The molecule has 96 valence electrons. The normalized spacial score (nSPS) is 11.5. The van der Waals surface area contributed by atoms with Crippen LogP contribution in [0.4, 0.5) is 5.69 Å². The third-order valence-corrected chi connectivity index (χ3v) is 2.34. The molecule has 1 atom stereocenters. The van der Waals surface area contributed by atoms with E-state index in [1.165, 1.54) is 20.1 Å². The summed E-state index contributed by atoms with van der Waals surface area (Å²) in [5.41, 5.74) is 0.845. The van der Waals surface area contributed by atoms with Gasteiger partial charge < -0.3 is 9.47 Å². The second-order valence-electron chi connectivity index (χ2n) is 3.68. The van der Waals surface area contributed by atoms with Crippen molar-refractivity contribution in [2.24, 2.45) is 5.18 Å². The van der Waals surface area contributed by atoms with Crippen molar-refractivity contribution < 1.29 is 19.1 Å². The molecule has 1 aromatic rings. The molecule has 6 nitrogen and oxygen atoms in total. The number of nitrogens with zero attached hydrogens (tertiary/aromatic N) is 1. The van der Waals surface area contributed by atoms with Crippen molar-refractivity contribution in [1.82, 2.24) is 0 Å². The van der Waals surface area contributed by atoms with Crippen LogP contribution in [0, 0.1) is 11.8 Å². The summed E-state index contributed by atoms with van der Waals surface area (Å²) >= 11 is 0. The van der Waals surface area contributed by atoms with Crippen LogP contribution in [0.1, 0.15) is 22.8 Å². The number of carbonyl (C=O) groups is 2. The molecule has 0 bridgehead atoms. The van der Waals surface area contributed by atoms with E-state index < -0.39 is 12.1 Å². The predicted molar refractivity (Wildman–Crippen MR) is 64.1 cm³/mol. The van der Waals surface area contributed by atoms with Crippen molar-refractivity contribution in [1.29, 1.82) is 0 Å². The van der Waals surface area contributed by atoms with Crippen LogP contribution in [0.15, 0.2) is 17.3 Å². The molecule has 0 aliphatic rings. The third kappa shape index (κ3) is 2.91. The molecule has 0 amide bonds. The maximum absolute atomic E-state index is 11.2. The average molecular weight is 251 g/mol. The van der Waals surface area contributed by atoms with E-state index in [0.29, 0.717) is 17.4 Å². The molecule has 0 heterocycles. The van der Waals surface area contributed by atoms with Crippen LogP contribution in [-0.2, 0) is 9.53 Å². The Labute approximate surface area is 104 Å². The number of carbonyl (C=O) groups excluding carboxylic acids is 2. The lowest BCUT2D eigenvalue weighted by molar-refractivity contribution is -0.147. The fraction of sp³-hybridized carbons (Fsp3) is 0.333. The van der Waals surface area contributed by atoms with Crippen LogP contribution in [0.2, 0.25) is 0 Å². The molecule has 0 aromatic heterocycles. The summed E-state index contributed by atoms with van der Waals surface area (Å²) in [7, 11) is 1.24. The maximum Gasteiger partial charge on any atom is 0.346 e. The number of rotatable bonds is 5. The van der Waals surface area contributed by atoms with Gasteiger partial charge in [0, 0.05) is 5.56 Å². The number of benzene rings is 1. The van der Waals surface area contributed by atoms with Gasteiger partial charge in [-0.3, -0.25) is 4.79 Å². The highest BCUT2D eigenvalue weighted by atomic mass is 16.6. The summed E-state index contributed by atoms with van der Waals surface area (Å²) < 4.78 is 9.85. The largest absolute Gasteiger partial charge is 0.476 e. The van der Waals surface area contributed by atoms with Crippen molar-refractivity contribution in [3.63, 3.8) is 0 Å². The van der Waals surface area contributed by atoms with E-state index in [1.54, 1.807) is 13.0 Å². The van der Waals surface area contributed by atoms with E-state index in [9.17, 15) is 14.5 Å². The smallest absolute Gasteiger partial charge is 0.346 e. The van der Waals surface area contributed by atoms with Gasteiger partial charge in [0.1, 0.15) is 6.29 Å². The van der Waals surface area contributed by atoms with Crippen LogP contribution < -0.4 is 4.74 Å². The number of esters is 1. The Morgan fingerprint density at radius 1 is 1.44 bits per heavy atom. The first-order valence-electron chi connectivity index (χ1n) is 5.21. The highest BCUT2D eigenvalue weighted by molar-refractivity contribution is 5.80. The molecule has 6 heteroatoms. The van der Waals surface area contributed by atoms with Crippen molar-refractivity contribution in [3.05, 3.63) is 28.2 Å². The van der Waals surface area contributed by atoms with Gasteiger partial charge in [0.15, 0.2) is 17.5 Å². The summed E-state index contributed by atoms with van der Waals surface area (Å²) in [5.74, 6) is -0.390. The van der Waals surface area contributed by atoms with Gasteiger partial charge in [-0.1, -0.05) is 0 Å². The Morgan fingerprint density at radius 3 is 2.61 bits per heavy atom. The van der Waals surface area contributed by atoms with Crippen LogP contribution in [0.3, 0.4) is 0 Å². The van der Waals surface area contributed by atoms with E-state index in [4.69, 9.17) is 4.74 Å². The molecule has 1 aromatic carbocycles. The van der Waals surface area contributed by atoms with E-state index in [0.717, 1.165) is 0 Å². The summed E-state index contributed by atoms with van der Waals surface area (Å²) in [6.07, 6.45) is -0.258. The molecule has 0 saturated carbocycles. The molecule has 0 fully saturated rings. The lowest BCUT2D eigenvalue weighted by atomic mass is 10.1. The standard InChI is InChI=1S/C12H13NO5/c1-7-4-9(6-14)5-10(13-16)11(7)18-8(2)12(15)17-3/h4-6,8H,1-3H3. The second kappa shape index (κ2) is 5.90. The van der Waals surface area contributed by atoms with Gasteiger partial charge >= 0.3 is 5.97 Å². The van der Waals surface area contributed by atoms with Crippen LogP contribution in [0.25, 0.3) is 0 Å². The van der Waals surface area contributed by atoms with Crippen LogP contribution in [-0.4, -0.2) is 25.5 Å². The van der Waals surface area contributed by atoms with E-state index >= 15 is 0 Å². The number of nitroso groups, excluding NO2 is 1.